The van der Waals surface area contributed by atoms with Gasteiger partial charge in [-0.1, -0.05) is 65.4 Å². The molecule has 0 bridgehead atoms. The van der Waals surface area contributed by atoms with Gasteiger partial charge in [-0.2, -0.15) is 0 Å². The van der Waals surface area contributed by atoms with Crippen molar-refractivity contribution in [2.75, 3.05) is 130 Å². The van der Waals surface area contributed by atoms with Crippen molar-refractivity contribution in [2.45, 2.75) is 77.4 Å². The summed E-state index contributed by atoms with van der Waals surface area (Å²) in [6.45, 7) is 10.6. The van der Waals surface area contributed by atoms with E-state index < -0.39 is 37.3 Å². The van der Waals surface area contributed by atoms with E-state index in [4.69, 9.17) is 23.7 Å². The number of nitrogens with one attached hydrogen (secondary N) is 3. The molecule has 6 aromatic rings. The topological polar surface area (TPSA) is 207 Å². The van der Waals surface area contributed by atoms with Crippen LogP contribution in [0.4, 0.5) is 28.4 Å². The van der Waals surface area contributed by atoms with Crippen molar-refractivity contribution in [3.05, 3.63) is 148 Å². The summed E-state index contributed by atoms with van der Waals surface area (Å²) in [6.07, 6.45) is -0.614. The predicted octanol–water partition coefficient (Wildman–Crippen LogP) is 8.14. The molecule has 2 aromatic heterocycles. The lowest BCUT2D eigenvalue weighted by Gasteiger charge is -2.32. The molecule has 4 aromatic carbocycles. The predicted molar refractivity (Wildman–Crippen MR) is 329 cm³/mol. The smallest absolute Gasteiger partial charge is 0.263 e. The molecule has 25 heteroatoms. The number of hydrogen-bond acceptors (Lipinski definition) is 16. The molecule has 1 saturated heterocycles. The van der Waals surface area contributed by atoms with E-state index in [1.54, 1.807) is 34.3 Å². The molecule has 3 heterocycles. The molecule has 0 spiro atoms. The van der Waals surface area contributed by atoms with Crippen LogP contribution in [0.1, 0.15) is 70.9 Å². The van der Waals surface area contributed by atoms with E-state index in [2.05, 4.69) is 48.1 Å². The summed E-state index contributed by atoms with van der Waals surface area (Å²) >= 11 is 1.33. The molecule has 1 aliphatic rings. The van der Waals surface area contributed by atoms with Crippen LogP contribution >= 0.6 is 11.3 Å². The van der Waals surface area contributed by atoms with Crippen LogP contribution in [-0.2, 0) is 65.7 Å². The standard InChI is InChI=1S/C52H67F4N7O7.C11H16N4O2S/c1-39-9-11-41(12-10-39)36-58-52(65)50(42-7-6-8-43(35-42)51(55)56)63(38-48(53)54)49(64)22-15-40-13-18-46(19-14-40)69-27-5-4-24-61(3)25-29-67-32-31-66-28-23-45-37-62(60-59-45)26-30-68-33-34-70-47-20-16-44(57-2)17-21-47;1-14-2-4-15(5-3-14)10(17)6-9-7-18-11(13-9)12-8-16/h6-14,16-21,35,37,48,50-51,57H,4-5,15,22-34,36,38H2,1-3H3,(H,58,65);7-8H,2-6H2,1H3,(H,12,13,16). The Bertz CT molecular complexity index is 2970. The number of thiazole rings is 1. The number of rotatable bonds is 38. The SMILES string of the molecule is CN1CCN(C(=O)Cc2csc(NC=O)n2)CC1.CNc1ccc(OCCOCCn2cc(CCOCCOCCN(C)CCCCOc3ccc(CCC(=O)N(CC(F)F)C(C(=O)NCc4ccc(C)cc4)c4cccc(C(F)F)c4)cc3)nn2)cc1. The zero-order valence-corrected chi connectivity index (χ0v) is 51.5. The molecule has 20 nitrogen and oxygen atoms in total. The number of alkyl halides is 4. The van der Waals surface area contributed by atoms with Crippen molar-refractivity contribution in [2.24, 2.45) is 0 Å². The van der Waals surface area contributed by atoms with Crippen molar-refractivity contribution < 1.29 is 60.4 Å². The lowest BCUT2D eigenvalue weighted by atomic mass is 10.00. The van der Waals surface area contributed by atoms with Crippen LogP contribution in [0.5, 0.6) is 11.5 Å². The second-order valence-electron chi connectivity index (χ2n) is 21.0. The molecule has 1 fully saturated rings. The van der Waals surface area contributed by atoms with Crippen LogP contribution in [0.2, 0.25) is 0 Å². The number of anilines is 2. The van der Waals surface area contributed by atoms with Crippen LogP contribution in [0, 0.1) is 6.92 Å². The molecule has 0 aliphatic carbocycles. The van der Waals surface area contributed by atoms with Gasteiger partial charge in [-0.25, -0.2) is 27.2 Å². The highest BCUT2D eigenvalue weighted by Crippen LogP contribution is 2.29. The first kappa shape index (κ1) is 69.5. The number of carbonyl (C=O) groups is 4. The summed E-state index contributed by atoms with van der Waals surface area (Å²) in [6, 6.07) is 25.7. The van der Waals surface area contributed by atoms with Crippen molar-refractivity contribution in [3.8, 4) is 11.5 Å². The summed E-state index contributed by atoms with van der Waals surface area (Å²) < 4.78 is 86.0. The van der Waals surface area contributed by atoms with Crippen molar-refractivity contribution in [1.82, 2.24) is 44.9 Å². The number of piperazine rings is 1. The zero-order valence-electron chi connectivity index (χ0n) is 50.6. The summed E-state index contributed by atoms with van der Waals surface area (Å²) in [5.74, 6) is 0.0951. The second kappa shape index (κ2) is 38.7. The number of halogens is 4. The Morgan fingerprint density at radius 3 is 2.12 bits per heavy atom. The fourth-order valence-corrected chi connectivity index (χ4v) is 9.74. The van der Waals surface area contributed by atoms with E-state index in [0.29, 0.717) is 95.2 Å². The highest BCUT2D eigenvalue weighted by Gasteiger charge is 2.34. The van der Waals surface area contributed by atoms with Gasteiger partial charge < -0.3 is 59.2 Å². The molecule has 0 saturated carbocycles. The first-order chi connectivity index (χ1) is 42.7. The third kappa shape index (κ3) is 25.6. The third-order valence-corrected chi connectivity index (χ3v) is 15.0. The molecule has 1 atom stereocenters. The van der Waals surface area contributed by atoms with Crippen molar-refractivity contribution in [3.63, 3.8) is 0 Å². The first-order valence-electron chi connectivity index (χ1n) is 29.5. The Hall–Kier alpha value is -7.55. The first-order valence-corrected chi connectivity index (χ1v) is 30.4. The number of ether oxygens (including phenoxy) is 5. The lowest BCUT2D eigenvalue weighted by Crippen LogP contribution is -2.47. The van der Waals surface area contributed by atoms with E-state index in [1.165, 1.54) is 29.5 Å². The number of nitrogens with zero attached hydrogens (tertiary/aromatic N) is 8. The molecule has 7 rings (SSSR count). The van der Waals surface area contributed by atoms with Crippen molar-refractivity contribution >= 4 is 46.3 Å². The van der Waals surface area contributed by atoms with Crippen LogP contribution in [0.15, 0.2) is 109 Å². The Morgan fingerprint density at radius 1 is 0.750 bits per heavy atom. The van der Waals surface area contributed by atoms with Crippen LogP contribution in [0.25, 0.3) is 0 Å². The van der Waals surface area contributed by atoms with Crippen molar-refractivity contribution in [1.29, 1.82) is 0 Å². The average Bonchev–Trinajstić information content (AvgIpc) is 2.56. The van der Waals surface area contributed by atoms with E-state index in [9.17, 15) is 36.7 Å². The number of likely N-dealkylation sites (N-methyl/N-ethyl adjacent to an activating group) is 2. The highest BCUT2D eigenvalue weighted by molar-refractivity contribution is 7.13. The molecular formula is C63H83F4N11O9S. The number of benzene rings is 4. The number of amides is 4. The average molecular weight is 1250 g/mol. The van der Waals surface area contributed by atoms with Gasteiger partial charge in [0.2, 0.25) is 24.1 Å². The van der Waals surface area contributed by atoms with Crippen LogP contribution < -0.4 is 25.4 Å². The number of unbranched alkanes of at least 4 members (excludes halogenated alkanes) is 1. The van der Waals surface area contributed by atoms with Crippen LogP contribution in [-0.4, -0.2) is 190 Å². The number of aromatic nitrogens is 4. The van der Waals surface area contributed by atoms with E-state index in [0.717, 1.165) is 96.9 Å². The van der Waals surface area contributed by atoms with E-state index >= 15 is 0 Å². The van der Waals surface area contributed by atoms with Gasteiger partial charge in [0.25, 0.3) is 12.9 Å². The van der Waals surface area contributed by atoms with E-state index in [-0.39, 0.29) is 36.4 Å². The molecule has 88 heavy (non-hydrogen) atoms. The number of carbonyl (C=O) groups excluding carboxylic acids is 4. The van der Waals surface area contributed by atoms with E-state index in [1.807, 2.05) is 80.6 Å². The van der Waals surface area contributed by atoms with Gasteiger partial charge in [0.1, 0.15) is 24.1 Å². The van der Waals surface area contributed by atoms with Gasteiger partial charge in [0, 0.05) is 82.0 Å². The highest BCUT2D eigenvalue weighted by atomic mass is 32.1. The Kier molecular flexibility index (Phi) is 30.6. The summed E-state index contributed by atoms with van der Waals surface area (Å²) in [4.78, 5) is 60.9. The lowest BCUT2D eigenvalue weighted by molar-refractivity contribution is -0.143. The maximum absolute atomic E-state index is 14.0. The number of aryl methyl sites for hydroxylation is 2. The summed E-state index contributed by atoms with van der Waals surface area (Å²) in [5.41, 5.74) is 4.76. The maximum Gasteiger partial charge on any atom is 0.263 e. The molecule has 3 N–H and O–H groups in total. The molecule has 4 amide bonds. The molecule has 478 valence electrons. The molecule has 0 radical (unpaired) electrons. The molecular weight excluding hydrogens is 1160 g/mol. The Balaban J connectivity index is 0.000000582. The normalized spacial score (nSPS) is 12.8. The fourth-order valence-electron chi connectivity index (χ4n) is 9.07. The summed E-state index contributed by atoms with van der Waals surface area (Å²) in [7, 11) is 5.97. The van der Waals surface area contributed by atoms with Gasteiger partial charge in [0.05, 0.1) is 77.1 Å². The minimum Gasteiger partial charge on any atom is -0.494 e. The minimum atomic E-state index is -2.97. The number of hydrogen-bond donors (Lipinski definition) is 3. The quantitative estimate of drug-likeness (QED) is 0.0190. The Morgan fingerprint density at radius 2 is 1.42 bits per heavy atom. The van der Waals surface area contributed by atoms with Gasteiger partial charge >= 0.3 is 0 Å². The van der Waals surface area contributed by atoms with Gasteiger partial charge in [-0.3, -0.25) is 19.2 Å². The van der Waals surface area contributed by atoms with Crippen LogP contribution in [0.3, 0.4) is 0 Å². The largest absolute Gasteiger partial charge is 0.494 e. The second-order valence-corrected chi connectivity index (χ2v) is 21.8. The third-order valence-electron chi connectivity index (χ3n) is 14.1. The molecule has 1 unspecified atom stereocenters. The summed E-state index contributed by atoms with van der Waals surface area (Å²) in [5, 5.41) is 19.0. The minimum absolute atomic E-state index is 0.0179. The van der Waals surface area contributed by atoms with Gasteiger partial charge in [0.15, 0.2) is 5.13 Å². The Labute approximate surface area is 516 Å². The fraction of sp³-hybridized carbons (Fsp3) is 0.476. The maximum atomic E-state index is 14.0. The zero-order chi connectivity index (χ0) is 62.9. The van der Waals surface area contributed by atoms with Gasteiger partial charge in [-0.15, -0.1) is 16.4 Å². The monoisotopic (exact) mass is 1250 g/mol. The molecule has 1 aliphatic heterocycles. The van der Waals surface area contributed by atoms with Gasteiger partial charge in [-0.05, 0) is 106 Å².